The van der Waals surface area contributed by atoms with Crippen LogP contribution in [0.25, 0.3) is 5.69 Å². The summed E-state index contributed by atoms with van der Waals surface area (Å²) in [6.45, 7) is 2.86. The van der Waals surface area contributed by atoms with Crippen LogP contribution in [0.15, 0.2) is 24.3 Å². The molecule has 184 valence electrons. The van der Waals surface area contributed by atoms with Crippen molar-refractivity contribution in [1.29, 1.82) is 0 Å². The molecule has 1 aliphatic heterocycles. The topological polar surface area (TPSA) is 126 Å². The SMILES string of the molecule is CCC(C(=O)Nc1cccc(-n2c(=S)[nH][nH]c2=S)c1)N1CCCC2CC(C(O)C(=O)O)CCC21. The maximum absolute atomic E-state index is 13.4. The predicted molar refractivity (Wildman–Crippen MR) is 133 cm³/mol. The third-order valence-corrected chi connectivity index (χ3v) is 7.81. The first kappa shape index (κ1) is 24.8. The molecule has 2 heterocycles. The number of H-pyrrole nitrogens is 2. The number of anilines is 1. The van der Waals surface area contributed by atoms with E-state index in [1.807, 2.05) is 31.2 Å². The lowest BCUT2D eigenvalue weighted by Crippen LogP contribution is -2.56. The Balaban J connectivity index is 1.48. The Morgan fingerprint density at radius 3 is 2.62 bits per heavy atom. The van der Waals surface area contributed by atoms with Gasteiger partial charge in [0.15, 0.2) is 15.6 Å². The number of nitrogens with zero attached hydrogens (tertiary/aromatic N) is 2. The third kappa shape index (κ3) is 5.02. The summed E-state index contributed by atoms with van der Waals surface area (Å²) in [5.41, 5.74) is 1.42. The highest BCUT2D eigenvalue weighted by Crippen LogP contribution is 2.40. The number of aromatic nitrogens is 3. The fraction of sp³-hybridized carbons (Fsp3) is 0.565. The van der Waals surface area contributed by atoms with Gasteiger partial charge in [-0.15, -0.1) is 0 Å². The fourth-order valence-corrected chi connectivity index (χ4v) is 6.23. The first-order valence-corrected chi connectivity index (χ1v) is 12.6. The number of amides is 1. The molecule has 0 radical (unpaired) electrons. The van der Waals surface area contributed by atoms with E-state index < -0.39 is 12.1 Å². The largest absolute Gasteiger partial charge is 0.479 e. The van der Waals surface area contributed by atoms with Crippen LogP contribution >= 0.6 is 24.4 Å². The van der Waals surface area contributed by atoms with E-state index >= 15 is 0 Å². The Morgan fingerprint density at radius 2 is 1.94 bits per heavy atom. The highest BCUT2D eigenvalue weighted by atomic mass is 32.1. The molecule has 1 amide bonds. The van der Waals surface area contributed by atoms with Gasteiger partial charge in [-0.3, -0.25) is 24.5 Å². The van der Waals surface area contributed by atoms with Gasteiger partial charge in [0.25, 0.3) is 0 Å². The molecule has 9 nitrogen and oxygen atoms in total. The molecule has 11 heteroatoms. The van der Waals surface area contributed by atoms with Gasteiger partial charge in [0, 0.05) is 11.7 Å². The number of hydrogen-bond acceptors (Lipinski definition) is 6. The van der Waals surface area contributed by atoms with Gasteiger partial charge in [-0.25, -0.2) is 4.79 Å². The number of nitrogens with one attached hydrogen (secondary N) is 3. The molecule has 2 aromatic rings. The van der Waals surface area contributed by atoms with Crippen LogP contribution in [0.2, 0.25) is 0 Å². The molecular weight excluding hydrogens is 474 g/mol. The molecule has 1 aliphatic carbocycles. The zero-order valence-electron chi connectivity index (χ0n) is 19.1. The molecule has 5 atom stereocenters. The van der Waals surface area contributed by atoms with E-state index in [0.717, 1.165) is 31.5 Å². The highest BCUT2D eigenvalue weighted by Gasteiger charge is 2.43. The molecule has 2 fully saturated rings. The standard InChI is InChI=1S/C23H31N5O4S2/c1-2-17(27-10-4-5-13-11-14(8-9-18(13)27)19(29)21(31)32)20(30)24-15-6-3-7-16(12-15)28-22(33)25-26-23(28)34/h3,6-7,12-14,17-19,29H,2,4-5,8-11H2,1H3,(H,24,30)(H,25,33)(H,26,34)(H,31,32). The van der Waals surface area contributed by atoms with Crippen LogP contribution in [-0.2, 0) is 9.59 Å². The Morgan fingerprint density at radius 1 is 1.21 bits per heavy atom. The number of aliphatic hydroxyl groups is 1. The number of piperidine rings is 1. The zero-order valence-corrected chi connectivity index (χ0v) is 20.7. The number of carboxylic acids is 1. The Hall–Kier alpha value is -2.34. The smallest absolute Gasteiger partial charge is 0.332 e. The van der Waals surface area contributed by atoms with Crippen molar-refractivity contribution in [3.63, 3.8) is 0 Å². The summed E-state index contributed by atoms with van der Waals surface area (Å²) in [5.74, 6) is -1.13. The summed E-state index contributed by atoms with van der Waals surface area (Å²) in [5, 5.41) is 27.9. The zero-order chi connectivity index (χ0) is 24.4. The number of fused-ring (bicyclic) bond motifs is 1. The first-order chi connectivity index (χ1) is 16.3. The molecule has 0 bridgehead atoms. The molecule has 1 aromatic heterocycles. The third-order valence-electron chi connectivity index (χ3n) is 7.24. The molecular formula is C23H31N5O4S2. The summed E-state index contributed by atoms with van der Waals surface area (Å²) in [4.78, 5) is 26.9. The second-order valence-corrected chi connectivity index (χ2v) is 10.00. The molecule has 1 saturated carbocycles. The quantitative estimate of drug-likeness (QED) is 0.364. The molecule has 34 heavy (non-hydrogen) atoms. The fourth-order valence-electron chi connectivity index (χ4n) is 5.67. The molecule has 5 N–H and O–H groups in total. The highest BCUT2D eigenvalue weighted by molar-refractivity contribution is 7.72. The van der Waals surface area contributed by atoms with Gasteiger partial charge in [0.05, 0.1) is 11.7 Å². The van der Waals surface area contributed by atoms with Crippen molar-refractivity contribution in [1.82, 2.24) is 19.7 Å². The second-order valence-electron chi connectivity index (χ2n) is 9.22. The number of aromatic amines is 2. The Labute approximate surface area is 208 Å². The van der Waals surface area contributed by atoms with Gasteiger partial charge in [0.2, 0.25) is 5.91 Å². The van der Waals surface area contributed by atoms with Crippen molar-refractivity contribution in [2.75, 3.05) is 11.9 Å². The lowest BCUT2D eigenvalue weighted by Gasteiger charge is -2.49. The van der Waals surface area contributed by atoms with Crippen LogP contribution in [-0.4, -0.2) is 66.5 Å². The number of carboxylic acid groups (broad SMARTS) is 1. The van der Waals surface area contributed by atoms with Crippen molar-refractivity contribution in [2.24, 2.45) is 11.8 Å². The van der Waals surface area contributed by atoms with E-state index in [9.17, 15) is 19.8 Å². The molecule has 1 aromatic carbocycles. The summed E-state index contributed by atoms with van der Waals surface area (Å²) in [6.07, 6.45) is 3.46. The van der Waals surface area contributed by atoms with Crippen molar-refractivity contribution in [2.45, 2.75) is 63.6 Å². The van der Waals surface area contributed by atoms with Crippen LogP contribution < -0.4 is 5.32 Å². The number of hydrogen-bond donors (Lipinski definition) is 5. The number of rotatable bonds is 7. The van der Waals surface area contributed by atoms with Crippen LogP contribution in [0, 0.1) is 21.4 Å². The van der Waals surface area contributed by atoms with Gasteiger partial charge >= 0.3 is 5.97 Å². The van der Waals surface area contributed by atoms with Crippen LogP contribution in [0.1, 0.15) is 45.4 Å². The van der Waals surface area contributed by atoms with Gasteiger partial charge in [-0.2, -0.15) is 0 Å². The van der Waals surface area contributed by atoms with Gasteiger partial charge in [0.1, 0.15) is 0 Å². The Bertz CT molecular complexity index is 1130. The molecule has 5 unspecified atom stereocenters. The lowest BCUT2D eigenvalue weighted by atomic mass is 9.71. The maximum atomic E-state index is 13.4. The van der Waals surface area contributed by atoms with Crippen molar-refractivity contribution in [3.8, 4) is 5.69 Å². The average molecular weight is 506 g/mol. The monoisotopic (exact) mass is 505 g/mol. The van der Waals surface area contributed by atoms with E-state index in [-0.39, 0.29) is 23.9 Å². The van der Waals surface area contributed by atoms with Crippen LogP contribution in [0.4, 0.5) is 5.69 Å². The van der Waals surface area contributed by atoms with E-state index in [1.54, 1.807) is 4.57 Å². The van der Waals surface area contributed by atoms with E-state index in [0.29, 0.717) is 40.4 Å². The van der Waals surface area contributed by atoms with Gasteiger partial charge in [-0.1, -0.05) is 13.0 Å². The minimum atomic E-state index is -1.31. The van der Waals surface area contributed by atoms with E-state index in [4.69, 9.17) is 24.4 Å². The summed E-state index contributed by atoms with van der Waals surface area (Å²) in [7, 11) is 0. The van der Waals surface area contributed by atoms with Gasteiger partial charge < -0.3 is 15.5 Å². The van der Waals surface area contributed by atoms with Crippen molar-refractivity contribution < 1.29 is 19.8 Å². The summed E-state index contributed by atoms with van der Waals surface area (Å²) >= 11 is 10.6. The number of benzene rings is 1. The first-order valence-electron chi connectivity index (χ1n) is 11.8. The molecule has 2 aliphatic rings. The molecule has 4 rings (SSSR count). The molecule has 1 saturated heterocycles. The van der Waals surface area contributed by atoms with Crippen LogP contribution in [0.3, 0.4) is 0 Å². The average Bonchev–Trinajstić information content (AvgIpc) is 3.16. The van der Waals surface area contributed by atoms with Crippen molar-refractivity contribution in [3.05, 3.63) is 33.8 Å². The van der Waals surface area contributed by atoms with E-state index in [1.165, 1.54) is 0 Å². The normalized spacial score (nSPS) is 24.7. The second kappa shape index (κ2) is 10.5. The maximum Gasteiger partial charge on any atom is 0.332 e. The summed E-state index contributed by atoms with van der Waals surface area (Å²) < 4.78 is 2.59. The molecule has 0 spiro atoms. The lowest BCUT2D eigenvalue weighted by molar-refractivity contribution is -0.151. The number of likely N-dealkylation sites (tertiary alicyclic amines) is 1. The predicted octanol–water partition coefficient (Wildman–Crippen LogP) is 3.64. The number of aliphatic carboxylic acids is 1. The van der Waals surface area contributed by atoms with Crippen LogP contribution in [0.5, 0.6) is 0 Å². The number of carbonyl (C=O) groups excluding carboxylic acids is 1. The number of aliphatic hydroxyl groups excluding tert-OH is 1. The van der Waals surface area contributed by atoms with Crippen molar-refractivity contribution >= 4 is 42.0 Å². The van der Waals surface area contributed by atoms with E-state index in [2.05, 4.69) is 20.4 Å². The minimum absolute atomic E-state index is 0.0594. The summed E-state index contributed by atoms with van der Waals surface area (Å²) in [6, 6.07) is 7.35. The van der Waals surface area contributed by atoms with Gasteiger partial charge in [-0.05, 0) is 99.5 Å². The Kier molecular flexibility index (Phi) is 7.66. The number of carbonyl (C=O) groups is 2. The minimum Gasteiger partial charge on any atom is -0.479 e.